The van der Waals surface area contributed by atoms with E-state index in [-0.39, 0.29) is 6.04 Å². The average Bonchev–Trinajstić information content (AvgIpc) is 2.64. The summed E-state index contributed by atoms with van der Waals surface area (Å²) in [5.41, 5.74) is 3.09. The second-order valence-corrected chi connectivity index (χ2v) is 6.37. The van der Waals surface area contributed by atoms with E-state index >= 15 is 0 Å². The molecule has 0 saturated carbocycles. The Bertz CT molecular complexity index is 777. The van der Waals surface area contributed by atoms with E-state index in [1.54, 1.807) is 33.3 Å². The normalized spacial score (nSPS) is 16.4. The Labute approximate surface area is 147 Å². The van der Waals surface area contributed by atoms with Crippen LogP contribution in [0.2, 0.25) is 0 Å². The van der Waals surface area contributed by atoms with Gasteiger partial charge in [0.25, 0.3) is 0 Å². The Balaban J connectivity index is 1.83. The van der Waals surface area contributed by atoms with E-state index in [0.29, 0.717) is 35.5 Å². The van der Waals surface area contributed by atoms with Gasteiger partial charge in [-0.25, -0.2) is 8.78 Å². The Morgan fingerprint density at radius 1 is 1.08 bits per heavy atom. The van der Waals surface area contributed by atoms with E-state index in [1.807, 2.05) is 12.1 Å². The number of hydrogen-bond donors (Lipinski definition) is 1. The van der Waals surface area contributed by atoms with Crippen molar-refractivity contribution >= 4 is 0 Å². The van der Waals surface area contributed by atoms with Crippen LogP contribution in [0.25, 0.3) is 0 Å². The Morgan fingerprint density at radius 2 is 1.80 bits per heavy atom. The zero-order chi connectivity index (χ0) is 18.0. The highest BCUT2D eigenvalue weighted by Gasteiger charge is 2.23. The molecule has 0 saturated heterocycles. The summed E-state index contributed by atoms with van der Waals surface area (Å²) in [6.07, 6.45) is 2.05. The van der Waals surface area contributed by atoms with Gasteiger partial charge >= 0.3 is 0 Å². The molecule has 0 fully saturated rings. The molecule has 0 aliphatic carbocycles. The molecule has 134 valence electrons. The number of aryl methyl sites for hydroxylation is 2. The molecule has 5 heteroatoms. The van der Waals surface area contributed by atoms with Crippen LogP contribution in [-0.2, 0) is 12.8 Å². The number of fused-ring (bicyclic) bond motifs is 1. The topological polar surface area (TPSA) is 30.5 Å². The number of methoxy groups -OCH3 is 2. The van der Waals surface area contributed by atoms with Gasteiger partial charge in [-0.3, -0.25) is 0 Å². The van der Waals surface area contributed by atoms with Crippen LogP contribution in [0.5, 0.6) is 11.5 Å². The molecule has 1 aliphatic heterocycles. The molecular formula is C20H23F2NO2. The number of nitrogens with one attached hydrogen (secondary N) is 1. The standard InChI is InChI=1S/C20H23F2NO2/c1-12-4-5-13(20(22)19(12)21)6-7-16-15-11-18(25-3)17(24-2)10-14(15)8-9-23-16/h4-5,10-11,16,23H,6-9H2,1-3H3/t16-/m0/s1. The van der Waals surface area contributed by atoms with Crippen LogP contribution in [-0.4, -0.2) is 20.8 Å². The van der Waals surface area contributed by atoms with Crippen molar-refractivity contribution in [1.29, 1.82) is 0 Å². The lowest BCUT2D eigenvalue weighted by atomic mass is 9.90. The lowest BCUT2D eigenvalue weighted by molar-refractivity contribution is 0.351. The number of hydrogen-bond acceptors (Lipinski definition) is 3. The molecule has 1 heterocycles. The molecule has 25 heavy (non-hydrogen) atoms. The van der Waals surface area contributed by atoms with E-state index < -0.39 is 11.6 Å². The number of halogens is 2. The van der Waals surface area contributed by atoms with Gasteiger partial charge in [0, 0.05) is 6.04 Å². The second-order valence-electron chi connectivity index (χ2n) is 6.37. The molecule has 0 spiro atoms. The third-order valence-corrected chi connectivity index (χ3v) is 4.86. The molecule has 1 atom stereocenters. The predicted molar refractivity (Wildman–Crippen MR) is 93.4 cm³/mol. The maximum atomic E-state index is 14.1. The first-order chi connectivity index (χ1) is 12.0. The minimum Gasteiger partial charge on any atom is -0.493 e. The summed E-state index contributed by atoms with van der Waals surface area (Å²) < 4.78 is 38.6. The van der Waals surface area contributed by atoms with Gasteiger partial charge in [-0.05, 0) is 67.1 Å². The van der Waals surface area contributed by atoms with Crippen LogP contribution < -0.4 is 14.8 Å². The summed E-state index contributed by atoms with van der Waals surface area (Å²) >= 11 is 0. The van der Waals surface area contributed by atoms with Crippen molar-refractivity contribution in [2.45, 2.75) is 32.2 Å². The summed E-state index contributed by atoms with van der Waals surface area (Å²) in [6.45, 7) is 2.42. The monoisotopic (exact) mass is 347 g/mol. The number of benzene rings is 2. The maximum Gasteiger partial charge on any atom is 0.162 e. The van der Waals surface area contributed by atoms with Crippen molar-refractivity contribution in [2.24, 2.45) is 0 Å². The Kier molecular flexibility index (Phi) is 5.23. The van der Waals surface area contributed by atoms with Crippen molar-refractivity contribution in [1.82, 2.24) is 5.32 Å². The lowest BCUT2D eigenvalue weighted by Crippen LogP contribution is -2.30. The van der Waals surface area contributed by atoms with Crippen molar-refractivity contribution in [2.75, 3.05) is 20.8 Å². The van der Waals surface area contributed by atoms with E-state index in [4.69, 9.17) is 9.47 Å². The van der Waals surface area contributed by atoms with Gasteiger partial charge in [0.15, 0.2) is 23.1 Å². The molecule has 3 rings (SSSR count). The third-order valence-electron chi connectivity index (χ3n) is 4.86. The second kappa shape index (κ2) is 7.40. The fraction of sp³-hybridized carbons (Fsp3) is 0.400. The van der Waals surface area contributed by atoms with Crippen molar-refractivity contribution < 1.29 is 18.3 Å². The largest absolute Gasteiger partial charge is 0.493 e. The summed E-state index contributed by atoms with van der Waals surface area (Å²) in [4.78, 5) is 0. The molecule has 0 bridgehead atoms. The molecule has 1 aliphatic rings. The Hall–Kier alpha value is -2.14. The molecule has 1 N–H and O–H groups in total. The van der Waals surface area contributed by atoms with Crippen LogP contribution in [0.4, 0.5) is 8.78 Å². The molecule has 0 radical (unpaired) electrons. The van der Waals surface area contributed by atoms with Crippen LogP contribution in [0.1, 0.15) is 34.7 Å². The minimum absolute atomic E-state index is 0.0762. The zero-order valence-corrected chi connectivity index (χ0v) is 14.8. The van der Waals surface area contributed by atoms with Crippen molar-refractivity contribution in [3.05, 3.63) is 58.2 Å². The van der Waals surface area contributed by atoms with Crippen LogP contribution in [0.3, 0.4) is 0 Å². The Morgan fingerprint density at radius 3 is 2.52 bits per heavy atom. The highest BCUT2D eigenvalue weighted by atomic mass is 19.2. The number of ether oxygens (including phenoxy) is 2. The molecule has 3 nitrogen and oxygen atoms in total. The summed E-state index contributed by atoms with van der Waals surface area (Å²) in [5, 5.41) is 3.47. The average molecular weight is 347 g/mol. The fourth-order valence-electron chi connectivity index (χ4n) is 3.41. The van der Waals surface area contributed by atoms with Gasteiger partial charge in [0.05, 0.1) is 14.2 Å². The maximum absolute atomic E-state index is 14.1. The van der Waals surface area contributed by atoms with Gasteiger partial charge in [0.2, 0.25) is 0 Å². The SMILES string of the molecule is COc1cc2c(cc1OC)[C@H](CCc1ccc(C)c(F)c1F)NCC2. The van der Waals surface area contributed by atoms with Crippen molar-refractivity contribution in [3.63, 3.8) is 0 Å². The van der Waals surface area contributed by atoms with Crippen LogP contribution in [0.15, 0.2) is 24.3 Å². The zero-order valence-electron chi connectivity index (χ0n) is 14.8. The third kappa shape index (κ3) is 3.47. The fourth-order valence-corrected chi connectivity index (χ4v) is 3.41. The molecule has 0 amide bonds. The van der Waals surface area contributed by atoms with Gasteiger partial charge in [-0.15, -0.1) is 0 Å². The summed E-state index contributed by atoms with van der Waals surface area (Å²) in [5.74, 6) is -0.0830. The van der Waals surface area contributed by atoms with Gasteiger partial charge in [0.1, 0.15) is 0 Å². The first-order valence-corrected chi connectivity index (χ1v) is 8.46. The van der Waals surface area contributed by atoms with E-state index in [2.05, 4.69) is 5.32 Å². The van der Waals surface area contributed by atoms with Gasteiger partial charge < -0.3 is 14.8 Å². The highest BCUT2D eigenvalue weighted by Crippen LogP contribution is 2.36. The number of rotatable bonds is 5. The van der Waals surface area contributed by atoms with E-state index in [9.17, 15) is 8.78 Å². The van der Waals surface area contributed by atoms with Crippen LogP contribution in [0, 0.1) is 18.6 Å². The van der Waals surface area contributed by atoms with E-state index in [1.165, 1.54) is 5.56 Å². The smallest absolute Gasteiger partial charge is 0.162 e. The lowest BCUT2D eigenvalue weighted by Gasteiger charge is -2.28. The highest BCUT2D eigenvalue weighted by molar-refractivity contribution is 5.49. The van der Waals surface area contributed by atoms with Crippen LogP contribution >= 0.6 is 0 Å². The molecule has 2 aromatic carbocycles. The molecular weight excluding hydrogens is 324 g/mol. The minimum atomic E-state index is -0.749. The molecule has 0 aromatic heterocycles. The van der Waals surface area contributed by atoms with Crippen molar-refractivity contribution in [3.8, 4) is 11.5 Å². The van der Waals surface area contributed by atoms with Gasteiger partial charge in [-0.2, -0.15) is 0 Å². The van der Waals surface area contributed by atoms with E-state index in [0.717, 1.165) is 18.5 Å². The van der Waals surface area contributed by atoms with Gasteiger partial charge in [-0.1, -0.05) is 12.1 Å². The quantitative estimate of drug-likeness (QED) is 0.883. The molecule has 2 aromatic rings. The predicted octanol–water partition coefficient (Wildman–Crippen LogP) is 4.11. The summed E-state index contributed by atoms with van der Waals surface area (Å²) in [7, 11) is 3.23. The summed E-state index contributed by atoms with van der Waals surface area (Å²) in [6, 6.07) is 7.37. The molecule has 0 unspecified atom stereocenters. The first kappa shape index (κ1) is 17.7. The first-order valence-electron chi connectivity index (χ1n) is 8.46.